The molecule has 0 aliphatic carbocycles. The largest absolute Gasteiger partial charge is 0.444 e. The fourth-order valence-corrected chi connectivity index (χ4v) is 5.27. The summed E-state index contributed by atoms with van der Waals surface area (Å²) < 4.78 is 79.0. The highest BCUT2D eigenvalue weighted by molar-refractivity contribution is 7.92. The van der Waals surface area contributed by atoms with Crippen LogP contribution in [0.15, 0.2) is 101 Å². The summed E-state index contributed by atoms with van der Waals surface area (Å²) in [7, 11) is -3.66. The Morgan fingerprint density at radius 1 is 0.744 bits per heavy atom. The SMILES string of the molecule is CC(C)(C)OC(=O)Nc1ccc(-c2ccc(F)cc2)cc1NC(=O)c1ccc(S(=N)(=O)c2ccc(C(F)(F)F)cc2)cc1. The summed E-state index contributed by atoms with van der Waals surface area (Å²) >= 11 is 0. The van der Waals surface area contributed by atoms with E-state index >= 15 is 0 Å². The number of hydrogen-bond donors (Lipinski definition) is 3. The molecule has 4 aromatic rings. The molecular weight excluding hydrogens is 586 g/mol. The molecule has 4 aromatic carbocycles. The molecule has 0 saturated carbocycles. The molecule has 0 bridgehead atoms. The summed E-state index contributed by atoms with van der Waals surface area (Å²) in [5, 5.41) is 5.32. The summed E-state index contributed by atoms with van der Waals surface area (Å²) in [4.78, 5) is 25.5. The van der Waals surface area contributed by atoms with Gasteiger partial charge in [-0.05, 0) is 105 Å². The highest BCUT2D eigenvalue weighted by Crippen LogP contribution is 2.32. The molecule has 0 aliphatic rings. The van der Waals surface area contributed by atoms with Crippen molar-refractivity contribution in [3.05, 3.63) is 108 Å². The zero-order valence-corrected chi connectivity index (χ0v) is 24.0. The maximum atomic E-state index is 13.5. The first-order chi connectivity index (χ1) is 20.0. The first kappa shape index (κ1) is 31.2. The number of benzene rings is 4. The molecule has 12 heteroatoms. The van der Waals surface area contributed by atoms with Crippen LogP contribution in [-0.4, -0.2) is 21.8 Å². The van der Waals surface area contributed by atoms with Crippen LogP contribution in [0.4, 0.5) is 33.7 Å². The van der Waals surface area contributed by atoms with Crippen molar-refractivity contribution in [1.82, 2.24) is 0 Å². The van der Waals surface area contributed by atoms with Crippen molar-refractivity contribution in [2.24, 2.45) is 0 Å². The Morgan fingerprint density at radius 3 is 1.81 bits per heavy atom. The van der Waals surface area contributed by atoms with Crippen LogP contribution in [0.1, 0.15) is 36.7 Å². The van der Waals surface area contributed by atoms with Crippen molar-refractivity contribution < 1.29 is 36.1 Å². The van der Waals surface area contributed by atoms with Gasteiger partial charge >= 0.3 is 12.3 Å². The lowest BCUT2D eigenvalue weighted by Gasteiger charge is -2.21. The fourth-order valence-electron chi connectivity index (χ4n) is 3.96. The van der Waals surface area contributed by atoms with E-state index < -0.39 is 44.9 Å². The van der Waals surface area contributed by atoms with Gasteiger partial charge in [-0.2, -0.15) is 13.2 Å². The molecule has 0 fully saturated rings. The number of amides is 2. The van der Waals surface area contributed by atoms with Gasteiger partial charge in [0.1, 0.15) is 21.1 Å². The zero-order chi connectivity index (χ0) is 31.6. The third-order valence-electron chi connectivity index (χ3n) is 6.04. The van der Waals surface area contributed by atoms with E-state index in [0.29, 0.717) is 11.1 Å². The summed E-state index contributed by atoms with van der Waals surface area (Å²) in [6.45, 7) is 5.09. The minimum Gasteiger partial charge on any atom is -0.444 e. The molecule has 0 saturated heterocycles. The van der Waals surface area contributed by atoms with Crippen molar-refractivity contribution in [3.63, 3.8) is 0 Å². The first-order valence-corrected chi connectivity index (χ1v) is 14.4. The number of carbonyl (C=O) groups is 2. The lowest BCUT2D eigenvalue weighted by Crippen LogP contribution is -2.27. The number of hydrogen-bond acceptors (Lipinski definition) is 5. The minimum absolute atomic E-state index is 0.00519. The van der Waals surface area contributed by atoms with Crippen molar-refractivity contribution in [1.29, 1.82) is 4.78 Å². The van der Waals surface area contributed by atoms with Crippen LogP contribution in [0.3, 0.4) is 0 Å². The number of rotatable bonds is 6. The summed E-state index contributed by atoms with van der Waals surface area (Å²) in [6.07, 6.45) is -5.33. The molecule has 4 rings (SSSR count). The lowest BCUT2D eigenvalue weighted by atomic mass is 10.0. The number of halogens is 4. The van der Waals surface area contributed by atoms with Gasteiger partial charge in [-0.3, -0.25) is 10.1 Å². The average Bonchev–Trinajstić information content (AvgIpc) is 2.93. The molecule has 224 valence electrons. The third-order valence-corrected chi connectivity index (χ3v) is 7.91. The molecular formula is C31H27F4N3O4S. The Labute approximate surface area is 245 Å². The van der Waals surface area contributed by atoms with E-state index in [-0.39, 0.29) is 26.7 Å². The van der Waals surface area contributed by atoms with Crippen molar-refractivity contribution in [2.75, 3.05) is 10.6 Å². The van der Waals surface area contributed by atoms with E-state index in [2.05, 4.69) is 10.6 Å². The highest BCUT2D eigenvalue weighted by Gasteiger charge is 2.30. The normalized spacial score (nSPS) is 13.1. The van der Waals surface area contributed by atoms with Crippen molar-refractivity contribution in [3.8, 4) is 11.1 Å². The predicted octanol–water partition coefficient (Wildman–Crippen LogP) is 8.58. The maximum absolute atomic E-state index is 13.5. The average molecular weight is 614 g/mol. The number of carbonyl (C=O) groups excluding carboxylic acids is 2. The number of anilines is 2. The lowest BCUT2D eigenvalue weighted by molar-refractivity contribution is -0.137. The van der Waals surface area contributed by atoms with Gasteiger partial charge in [0, 0.05) is 5.56 Å². The van der Waals surface area contributed by atoms with Gasteiger partial charge in [0.15, 0.2) is 0 Å². The van der Waals surface area contributed by atoms with E-state index in [0.717, 1.165) is 24.3 Å². The van der Waals surface area contributed by atoms with Gasteiger partial charge < -0.3 is 10.1 Å². The number of nitrogens with one attached hydrogen (secondary N) is 3. The van der Waals surface area contributed by atoms with Gasteiger partial charge in [0.25, 0.3) is 5.91 Å². The molecule has 43 heavy (non-hydrogen) atoms. The standard InChI is InChI=1S/C31H27F4N3O4S/c1-30(2,3)42-29(40)38-26-17-8-21(19-4-11-23(32)12-5-19)18-27(26)37-28(39)20-6-13-24(14-7-20)43(36,41)25-15-9-22(10-16-25)31(33,34)35/h4-18,36H,1-3H3,(H,37,39)(H,38,40). The van der Waals surface area contributed by atoms with Crippen LogP contribution in [0.2, 0.25) is 0 Å². The Balaban J connectivity index is 1.60. The van der Waals surface area contributed by atoms with Crippen LogP contribution < -0.4 is 10.6 Å². The maximum Gasteiger partial charge on any atom is 0.416 e. The molecule has 2 amide bonds. The van der Waals surface area contributed by atoms with Crippen molar-refractivity contribution in [2.45, 2.75) is 42.3 Å². The Bertz CT molecular complexity index is 1750. The number of ether oxygens (including phenoxy) is 1. The summed E-state index contributed by atoms with van der Waals surface area (Å²) in [6, 6.07) is 19.3. The van der Waals surface area contributed by atoms with Crippen LogP contribution in [0.25, 0.3) is 11.1 Å². The summed E-state index contributed by atoms with van der Waals surface area (Å²) in [5.74, 6) is -1.03. The van der Waals surface area contributed by atoms with E-state index in [1.54, 1.807) is 51.1 Å². The van der Waals surface area contributed by atoms with Gasteiger partial charge in [-0.1, -0.05) is 18.2 Å². The molecule has 3 N–H and O–H groups in total. The Morgan fingerprint density at radius 2 is 1.28 bits per heavy atom. The molecule has 1 unspecified atom stereocenters. The second-order valence-electron chi connectivity index (χ2n) is 10.5. The topological polar surface area (TPSA) is 108 Å². The van der Waals surface area contributed by atoms with Gasteiger partial charge in [0.2, 0.25) is 0 Å². The third kappa shape index (κ3) is 7.77. The van der Waals surface area contributed by atoms with Crippen molar-refractivity contribution >= 4 is 33.1 Å². The molecule has 0 aliphatic heterocycles. The van der Waals surface area contributed by atoms with Crippen LogP contribution >= 0.6 is 0 Å². The zero-order valence-electron chi connectivity index (χ0n) is 23.2. The van der Waals surface area contributed by atoms with Crippen LogP contribution in [0.5, 0.6) is 0 Å². The second kappa shape index (κ2) is 11.9. The second-order valence-corrected chi connectivity index (χ2v) is 12.5. The Kier molecular flexibility index (Phi) is 8.63. The van der Waals surface area contributed by atoms with Crippen LogP contribution in [-0.2, 0) is 20.6 Å². The first-order valence-electron chi connectivity index (χ1n) is 12.8. The van der Waals surface area contributed by atoms with E-state index in [4.69, 9.17) is 9.52 Å². The Hall–Kier alpha value is -4.71. The summed E-state index contributed by atoms with van der Waals surface area (Å²) in [5.41, 5.74) is 0.103. The van der Waals surface area contributed by atoms with E-state index in [9.17, 15) is 31.4 Å². The van der Waals surface area contributed by atoms with E-state index in [1.807, 2.05) is 0 Å². The molecule has 1 atom stereocenters. The molecule has 0 spiro atoms. The molecule has 7 nitrogen and oxygen atoms in total. The van der Waals surface area contributed by atoms with Gasteiger partial charge in [-0.15, -0.1) is 0 Å². The van der Waals surface area contributed by atoms with Crippen LogP contribution in [0, 0.1) is 10.6 Å². The highest BCUT2D eigenvalue weighted by atomic mass is 32.2. The predicted molar refractivity (Wildman–Crippen MR) is 155 cm³/mol. The smallest absolute Gasteiger partial charge is 0.416 e. The van der Waals surface area contributed by atoms with Gasteiger partial charge in [0.05, 0.1) is 26.7 Å². The quantitative estimate of drug-likeness (QED) is 0.189. The molecule has 0 aromatic heterocycles. The monoisotopic (exact) mass is 613 g/mol. The molecule has 0 radical (unpaired) electrons. The molecule has 0 heterocycles. The van der Waals surface area contributed by atoms with E-state index in [1.165, 1.54) is 36.4 Å². The fraction of sp³-hybridized carbons (Fsp3) is 0.161. The number of alkyl halides is 3. The minimum atomic E-state index is -4.57. The van der Waals surface area contributed by atoms with Gasteiger partial charge in [-0.25, -0.2) is 18.2 Å².